The zero-order valence-electron chi connectivity index (χ0n) is 9.33. The highest BCUT2D eigenvalue weighted by Gasteiger charge is 2.60. The van der Waals surface area contributed by atoms with E-state index in [9.17, 15) is 29.0 Å². The van der Waals surface area contributed by atoms with Crippen molar-refractivity contribution in [3.63, 3.8) is 0 Å². The second-order valence-corrected chi connectivity index (χ2v) is 4.83. The number of halogens is 2. The molecule has 18 heavy (non-hydrogen) atoms. The lowest BCUT2D eigenvalue weighted by atomic mass is 9.96. The molecule has 0 aromatic heterocycles. The molecule has 0 spiro atoms. The minimum Gasteiger partial charge on any atom is -0.360 e. The van der Waals surface area contributed by atoms with Gasteiger partial charge in [0, 0.05) is 0 Å². The third kappa shape index (κ3) is 2.02. The maximum Gasteiger partial charge on any atom is 0.637 e. The number of nitrogens with zero attached hydrogens (tertiary/aromatic N) is 2. The van der Waals surface area contributed by atoms with E-state index in [1.54, 1.807) is 0 Å². The molecule has 0 N–H and O–H groups in total. The number of hydrogen-bond donors (Lipinski definition) is 0. The van der Waals surface area contributed by atoms with Gasteiger partial charge in [-0.2, -0.15) is 0 Å². The molecular formula is C9H12F2N2O5. The molecule has 2 saturated carbocycles. The standard InChI is InChI=1S/C9H12F2N2O5/c10-7-2-6-1-5(7)3-8(6)18-4-9(11,12(14)15)13(16)17/h5-8H,1-4H2/t5-,6-,7-,8+/m1/s1. The van der Waals surface area contributed by atoms with Gasteiger partial charge in [0.1, 0.15) is 16.0 Å². The van der Waals surface area contributed by atoms with Crippen molar-refractivity contribution in [1.82, 2.24) is 0 Å². The topological polar surface area (TPSA) is 95.5 Å². The predicted octanol–water partition coefficient (Wildman–Crippen LogP) is 1.32. The highest BCUT2D eigenvalue weighted by Crippen LogP contribution is 2.47. The molecule has 9 heteroatoms. The number of ether oxygens (including phenoxy) is 1. The number of alkyl halides is 2. The van der Waals surface area contributed by atoms with E-state index in [1.165, 1.54) is 0 Å². The van der Waals surface area contributed by atoms with Crippen LogP contribution in [0.25, 0.3) is 0 Å². The number of rotatable bonds is 5. The van der Waals surface area contributed by atoms with E-state index in [-0.39, 0.29) is 18.3 Å². The van der Waals surface area contributed by atoms with Crippen LogP contribution in [0.2, 0.25) is 0 Å². The largest absolute Gasteiger partial charge is 0.637 e. The normalized spacial score (nSPS) is 34.8. The summed E-state index contributed by atoms with van der Waals surface area (Å²) in [6.45, 7) is -1.24. The molecule has 2 aliphatic carbocycles. The average molecular weight is 266 g/mol. The molecule has 0 unspecified atom stereocenters. The Kier molecular flexibility index (Phi) is 3.18. The minimum atomic E-state index is -3.82. The molecule has 0 aromatic rings. The SMILES string of the molecule is O=[N+]([O-])C(F)(CO[C@H]1C[C@H]2C[C@@H]1C[C@H]2F)[N+](=O)[O-]. The molecular weight excluding hydrogens is 254 g/mol. The van der Waals surface area contributed by atoms with Crippen LogP contribution in [-0.2, 0) is 4.74 Å². The molecule has 2 bridgehead atoms. The van der Waals surface area contributed by atoms with Gasteiger partial charge in [0.2, 0.25) is 6.61 Å². The fraction of sp³-hybridized carbons (Fsp3) is 1.00. The smallest absolute Gasteiger partial charge is 0.360 e. The second kappa shape index (κ2) is 4.38. The highest BCUT2D eigenvalue weighted by molar-refractivity contribution is 4.96. The predicted molar refractivity (Wildman–Crippen MR) is 53.3 cm³/mol. The number of nitro groups is 2. The average Bonchev–Trinajstić information content (AvgIpc) is 2.83. The lowest BCUT2D eigenvalue weighted by Gasteiger charge is -2.24. The summed E-state index contributed by atoms with van der Waals surface area (Å²) in [4.78, 5) is 17.4. The molecule has 0 aliphatic heterocycles. The summed E-state index contributed by atoms with van der Waals surface area (Å²) in [7, 11) is 0. The third-order valence-corrected chi connectivity index (χ3v) is 3.75. The Bertz CT molecular complexity index is 364. The van der Waals surface area contributed by atoms with Crippen molar-refractivity contribution >= 4 is 0 Å². The van der Waals surface area contributed by atoms with Gasteiger partial charge in [0.25, 0.3) is 0 Å². The van der Waals surface area contributed by atoms with E-state index in [0.29, 0.717) is 12.8 Å². The van der Waals surface area contributed by atoms with Crippen molar-refractivity contribution in [3.05, 3.63) is 20.2 Å². The van der Waals surface area contributed by atoms with E-state index >= 15 is 0 Å². The van der Waals surface area contributed by atoms with Crippen LogP contribution in [0.5, 0.6) is 0 Å². The lowest BCUT2D eigenvalue weighted by molar-refractivity contribution is -0.833. The molecule has 0 saturated heterocycles. The third-order valence-electron chi connectivity index (χ3n) is 3.75. The van der Waals surface area contributed by atoms with Crippen LogP contribution in [0.4, 0.5) is 8.78 Å². The van der Waals surface area contributed by atoms with Crippen molar-refractivity contribution in [2.75, 3.05) is 6.61 Å². The van der Waals surface area contributed by atoms with Gasteiger partial charge < -0.3 is 4.74 Å². The maximum atomic E-state index is 13.4. The summed E-state index contributed by atoms with van der Waals surface area (Å²) in [6.07, 6.45) is -0.196. The van der Waals surface area contributed by atoms with Crippen LogP contribution in [-0.4, -0.2) is 34.6 Å². The van der Waals surface area contributed by atoms with Crippen LogP contribution >= 0.6 is 0 Å². The Labute approximate surface area is 100 Å². The van der Waals surface area contributed by atoms with Crippen LogP contribution in [0.3, 0.4) is 0 Å². The van der Waals surface area contributed by atoms with Gasteiger partial charge in [0.15, 0.2) is 0 Å². The van der Waals surface area contributed by atoms with E-state index in [0.717, 1.165) is 0 Å². The fourth-order valence-corrected chi connectivity index (χ4v) is 2.74. The van der Waals surface area contributed by atoms with Crippen molar-refractivity contribution in [2.24, 2.45) is 11.8 Å². The Hall–Kier alpha value is -1.38. The molecule has 0 heterocycles. The molecule has 0 radical (unpaired) electrons. The molecule has 2 aliphatic rings. The first kappa shape index (κ1) is 13.1. The van der Waals surface area contributed by atoms with Crippen LogP contribution in [0, 0.1) is 32.1 Å². The zero-order chi connectivity index (χ0) is 13.5. The van der Waals surface area contributed by atoms with Crippen molar-refractivity contribution in [3.8, 4) is 0 Å². The quantitative estimate of drug-likeness (QED) is 0.323. The van der Waals surface area contributed by atoms with Gasteiger partial charge >= 0.3 is 5.92 Å². The summed E-state index contributed by atoms with van der Waals surface area (Å²) in [5.74, 6) is -4.11. The minimum absolute atomic E-state index is 0.118. The van der Waals surface area contributed by atoms with Gasteiger partial charge in [-0.05, 0) is 31.1 Å². The summed E-state index contributed by atoms with van der Waals surface area (Å²) in [5, 5.41) is 20.7. The van der Waals surface area contributed by atoms with Crippen LogP contribution in [0.1, 0.15) is 19.3 Å². The zero-order valence-corrected chi connectivity index (χ0v) is 9.33. The molecule has 4 atom stereocenters. The molecule has 0 amide bonds. The Morgan fingerprint density at radius 1 is 1.17 bits per heavy atom. The monoisotopic (exact) mass is 266 g/mol. The molecule has 0 aromatic carbocycles. The van der Waals surface area contributed by atoms with Crippen LogP contribution in [0.15, 0.2) is 0 Å². The fourth-order valence-electron chi connectivity index (χ4n) is 2.74. The van der Waals surface area contributed by atoms with Gasteiger partial charge in [-0.15, -0.1) is 0 Å². The summed E-state index contributed by atoms with van der Waals surface area (Å²) in [5.41, 5.74) is 0. The van der Waals surface area contributed by atoms with Gasteiger partial charge in [-0.3, -0.25) is 20.2 Å². The molecule has 102 valence electrons. The van der Waals surface area contributed by atoms with Gasteiger partial charge in [-0.25, -0.2) is 4.39 Å². The van der Waals surface area contributed by atoms with Crippen molar-refractivity contribution in [1.29, 1.82) is 0 Å². The first-order valence-corrected chi connectivity index (χ1v) is 5.58. The van der Waals surface area contributed by atoms with E-state index in [1.807, 2.05) is 0 Å². The Morgan fingerprint density at radius 3 is 2.17 bits per heavy atom. The molecule has 2 rings (SSSR count). The Balaban J connectivity index is 1.92. The molecule has 2 fully saturated rings. The second-order valence-electron chi connectivity index (χ2n) is 4.83. The first-order valence-electron chi connectivity index (χ1n) is 5.58. The first-order chi connectivity index (χ1) is 8.34. The van der Waals surface area contributed by atoms with E-state index in [4.69, 9.17) is 4.74 Å². The summed E-state index contributed by atoms with van der Waals surface area (Å²) >= 11 is 0. The lowest BCUT2D eigenvalue weighted by Crippen LogP contribution is -2.47. The van der Waals surface area contributed by atoms with E-state index in [2.05, 4.69) is 0 Å². The summed E-state index contributed by atoms with van der Waals surface area (Å²) < 4.78 is 31.5. The van der Waals surface area contributed by atoms with Crippen molar-refractivity contribution < 1.29 is 23.4 Å². The van der Waals surface area contributed by atoms with Gasteiger partial charge in [0.05, 0.1) is 6.10 Å². The number of hydrogen-bond acceptors (Lipinski definition) is 5. The number of fused-ring (bicyclic) bond motifs is 2. The Morgan fingerprint density at radius 2 is 1.78 bits per heavy atom. The molecule has 7 nitrogen and oxygen atoms in total. The maximum absolute atomic E-state index is 13.4. The summed E-state index contributed by atoms with van der Waals surface area (Å²) in [6, 6.07) is 0. The highest BCUT2D eigenvalue weighted by atomic mass is 19.2. The van der Waals surface area contributed by atoms with Crippen molar-refractivity contribution in [2.45, 2.75) is 37.5 Å². The van der Waals surface area contributed by atoms with Crippen LogP contribution < -0.4 is 0 Å². The van der Waals surface area contributed by atoms with E-state index < -0.39 is 34.6 Å². The van der Waals surface area contributed by atoms with Gasteiger partial charge in [-0.1, -0.05) is 4.39 Å².